The molecular weight excluding hydrogens is 747 g/mol. The first kappa shape index (κ1) is 43.3. The molecule has 0 aliphatic heterocycles. The van der Waals surface area contributed by atoms with Crippen LogP contribution in [0.5, 0.6) is 0 Å². The molecule has 2 amide bonds. The van der Waals surface area contributed by atoms with E-state index in [1.54, 1.807) is 6.07 Å². The van der Waals surface area contributed by atoms with Gasteiger partial charge >= 0.3 is 19.6 Å². The molecule has 21 heteroatoms. The van der Waals surface area contributed by atoms with Crippen LogP contribution in [0.15, 0.2) is 30.3 Å². The summed E-state index contributed by atoms with van der Waals surface area (Å²) in [6.07, 6.45) is -0.798. The maximum Gasteiger partial charge on any atom is 0.346 e. The lowest BCUT2D eigenvalue weighted by Gasteiger charge is -2.37. The summed E-state index contributed by atoms with van der Waals surface area (Å²) in [5, 5.41) is 23.2. The van der Waals surface area contributed by atoms with E-state index in [-0.39, 0.29) is 61.7 Å². The van der Waals surface area contributed by atoms with Crippen LogP contribution in [0.3, 0.4) is 0 Å². The highest BCUT2D eigenvalue weighted by molar-refractivity contribution is 7.91. The number of benzene rings is 1. The van der Waals surface area contributed by atoms with Crippen molar-refractivity contribution in [2.24, 2.45) is 5.73 Å². The van der Waals surface area contributed by atoms with Crippen molar-refractivity contribution in [1.29, 1.82) is 0 Å². The van der Waals surface area contributed by atoms with Gasteiger partial charge in [0.05, 0.1) is 18.1 Å². The van der Waals surface area contributed by atoms with Gasteiger partial charge in [0, 0.05) is 56.1 Å². The van der Waals surface area contributed by atoms with Gasteiger partial charge in [-0.05, 0) is 12.0 Å². The molecule has 0 bridgehead atoms. The Labute approximate surface area is 293 Å². The van der Waals surface area contributed by atoms with Gasteiger partial charge in [0.15, 0.2) is 15.9 Å². The molecule has 0 heterocycles. The number of amides is 2. The molecule has 15 nitrogen and oxygen atoms in total. The zero-order chi connectivity index (χ0) is 35.6. The first-order valence-electron chi connectivity index (χ1n) is 14.2. The van der Waals surface area contributed by atoms with E-state index in [4.69, 9.17) is 61.8 Å². The number of aliphatic carboxylic acids is 2. The third-order valence-corrected chi connectivity index (χ3v) is 11.5. The summed E-state index contributed by atoms with van der Waals surface area (Å²) in [7, 11) is -8.26. The van der Waals surface area contributed by atoms with Gasteiger partial charge in [-0.1, -0.05) is 30.3 Å². The van der Waals surface area contributed by atoms with E-state index >= 15 is 0 Å². The number of hydrogen-bond acceptors (Lipinski definition) is 9. The number of carbonyl (C=O) groups is 4. The van der Waals surface area contributed by atoms with Crippen molar-refractivity contribution in [3.05, 3.63) is 35.9 Å². The number of nitrogens with two attached hydrogens (primary N) is 1. The molecule has 0 aliphatic rings. The van der Waals surface area contributed by atoms with Crippen molar-refractivity contribution in [1.82, 2.24) is 20.0 Å². The SMILES string of the molecule is N[C@@H](CCC(=O)N[C@@H](CS(=O)(=O)CCOP(=O)(N(CCCl)CCCl)N(CCCl)CCCl)C(=O)NC(C(=O)O)c1ccccc1)C(=O)O. The van der Waals surface area contributed by atoms with E-state index in [1.807, 2.05) is 0 Å². The maximum atomic E-state index is 14.2. The maximum absolute atomic E-state index is 14.2. The quantitative estimate of drug-likeness (QED) is 0.0704. The van der Waals surface area contributed by atoms with Gasteiger partial charge in [0.25, 0.3) is 0 Å². The molecule has 0 aliphatic carbocycles. The number of carbonyl (C=O) groups excluding carboxylic acids is 2. The van der Waals surface area contributed by atoms with Crippen molar-refractivity contribution >= 4 is 87.7 Å². The molecule has 1 aromatic rings. The van der Waals surface area contributed by atoms with Crippen LogP contribution in [0.4, 0.5) is 0 Å². The Morgan fingerprint density at radius 1 is 0.872 bits per heavy atom. The van der Waals surface area contributed by atoms with E-state index in [2.05, 4.69) is 10.6 Å². The highest BCUT2D eigenvalue weighted by atomic mass is 35.5. The number of carboxylic acid groups (broad SMARTS) is 2. The molecule has 47 heavy (non-hydrogen) atoms. The first-order chi connectivity index (χ1) is 22.1. The number of halogens is 4. The van der Waals surface area contributed by atoms with Crippen molar-refractivity contribution in [3.63, 3.8) is 0 Å². The second-order valence-corrected chi connectivity index (χ2v) is 16.0. The van der Waals surface area contributed by atoms with E-state index in [0.717, 1.165) is 0 Å². The lowest BCUT2D eigenvalue weighted by atomic mass is 10.1. The van der Waals surface area contributed by atoms with Gasteiger partial charge < -0.3 is 31.1 Å². The molecule has 1 rings (SSSR count). The van der Waals surface area contributed by atoms with Gasteiger partial charge in [0.2, 0.25) is 11.8 Å². The summed E-state index contributed by atoms with van der Waals surface area (Å²) in [5.41, 5.74) is 5.61. The van der Waals surface area contributed by atoms with Crippen LogP contribution in [0.25, 0.3) is 0 Å². The molecule has 0 spiro atoms. The number of nitrogens with one attached hydrogen (secondary N) is 2. The molecule has 0 fully saturated rings. The number of carboxylic acids is 2. The highest BCUT2D eigenvalue weighted by Gasteiger charge is 2.39. The molecule has 0 saturated carbocycles. The fraction of sp³-hybridized carbons (Fsp3) is 0.615. The Bertz CT molecular complexity index is 1290. The lowest BCUT2D eigenvalue weighted by Crippen LogP contribution is -2.52. The molecule has 6 N–H and O–H groups in total. The van der Waals surface area contributed by atoms with Crippen LogP contribution in [-0.4, -0.2) is 132 Å². The minimum absolute atomic E-state index is 0.0479. The van der Waals surface area contributed by atoms with Gasteiger partial charge in [-0.25, -0.2) is 22.6 Å². The van der Waals surface area contributed by atoms with Crippen LogP contribution in [0.1, 0.15) is 24.4 Å². The normalized spacial score (nSPS) is 14.0. The van der Waals surface area contributed by atoms with Gasteiger partial charge in [-0.2, -0.15) is 0 Å². The Balaban J connectivity index is 3.26. The number of rotatable bonds is 25. The summed E-state index contributed by atoms with van der Waals surface area (Å²) < 4.78 is 49.2. The van der Waals surface area contributed by atoms with Crippen LogP contribution in [0.2, 0.25) is 0 Å². The minimum Gasteiger partial charge on any atom is -0.480 e. The fourth-order valence-electron chi connectivity index (χ4n) is 4.12. The Hall–Kier alpha value is -1.72. The Morgan fingerprint density at radius 3 is 1.83 bits per heavy atom. The fourth-order valence-corrected chi connectivity index (χ4v) is 9.20. The first-order valence-corrected chi connectivity index (χ1v) is 19.7. The Kier molecular flexibility index (Phi) is 20.3. The standard InChI is InChI=1S/C26H40Cl4N5O10PS/c27-8-12-34(13-9-28)46(42,35(14-10-29)15-11-30)45-16-17-47(43,44)18-21(32-22(36)7-6-20(31)25(38)39)24(37)33-23(26(40)41)19-4-2-1-3-5-19/h1-5,20-21,23H,6-18,31H2,(H,32,36)(H,33,37)(H,38,39)(H,40,41)/t20-,21-,23?/m0/s1. The third kappa shape index (κ3) is 15.2. The molecule has 0 aromatic heterocycles. The number of nitrogens with zero attached hydrogens (tertiary/aromatic N) is 2. The van der Waals surface area contributed by atoms with Gasteiger partial charge in [-0.3, -0.25) is 18.9 Å². The van der Waals surface area contributed by atoms with E-state index in [0.29, 0.717) is 0 Å². The predicted octanol–water partition coefficient (Wildman–Crippen LogP) is 1.70. The van der Waals surface area contributed by atoms with Crippen molar-refractivity contribution in [2.75, 3.05) is 67.8 Å². The summed E-state index contributed by atoms with van der Waals surface area (Å²) >= 11 is 23.6. The largest absolute Gasteiger partial charge is 0.480 e. The zero-order valence-corrected chi connectivity index (χ0v) is 30.0. The van der Waals surface area contributed by atoms with E-state index < -0.39 is 83.9 Å². The number of sulfone groups is 1. The highest BCUT2D eigenvalue weighted by Crippen LogP contribution is 2.54. The summed E-state index contributed by atoms with van der Waals surface area (Å²) in [6.45, 7) is -0.327. The molecule has 1 aromatic carbocycles. The molecule has 1 unspecified atom stereocenters. The van der Waals surface area contributed by atoms with Crippen LogP contribution < -0.4 is 16.4 Å². The zero-order valence-electron chi connectivity index (χ0n) is 25.3. The number of hydrogen-bond donors (Lipinski definition) is 5. The van der Waals surface area contributed by atoms with E-state index in [9.17, 15) is 37.3 Å². The van der Waals surface area contributed by atoms with Crippen molar-refractivity contribution in [2.45, 2.75) is 31.0 Å². The second-order valence-electron chi connectivity index (χ2n) is 9.90. The minimum atomic E-state index is -4.29. The van der Waals surface area contributed by atoms with E-state index in [1.165, 1.54) is 33.6 Å². The monoisotopic (exact) mass is 785 g/mol. The average Bonchev–Trinajstić information content (AvgIpc) is 3.01. The topological polar surface area (TPSA) is 226 Å². The lowest BCUT2D eigenvalue weighted by molar-refractivity contribution is -0.142. The third-order valence-electron chi connectivity index (χ3n) is 6.48. The molecule has 0 radical (unpaired) electrons. The molecule has 0 saturated heterocycles. The van der Waals surface area contributed by atoms with Gasteiger partial charge in [0.1, 0.15) is 12.1 Å². The summed E-state index contributed by atoms with van der Waals surface area (Å²) in [5.74, 6) is -6.46. The molecule has 268 valence electrons. The van der Waals surface area contributed by atoms with Crippen molar-refractivity contribution in [3.8, 4) is 0 Å². The smallest absolute Gasteiger partial charge is 0.346 e. The summed E-state index contributed by atoms with van der Waals surface area (Å²) in [6, 6.07) is 2.77. The van der Waals surface area contributed by atoms with Crippen molar-refractivity contribution < 1.29 is 46.9 Å². The van der Waals surface area contributed by atoms with Crippen LogP contribution in [0, 0.1) is 0 Å². The Morgan fingerprint density at radius 2 is 1.38 bits per heavy atom. The molecular formula is C26H40Cl4N5O10PS. The van der Waals surface area contributed by atoms with Crippen LogP contribution >= 0.6 is 54.1 Å². The predicted molar refractivity (Wildman–Crippen MR) is 180 cm³/mol. The number of alkyl halides is 4. The average molecular weight is 787 g/mol. The molecule has 3 atom stereocenters. The second kappa shape index (κ2) is 22.1. The summed E-state index contributed by atoms with van der Waals surface area (Å²) in [4.78, 5) is 48.9. The van der Waals surface area contributed by atoms with Gasteiger partial charge in [-0.15, -0.1) is 46.4 Å². The van der Waals surface area contributed by atoms with Crippen LogP contribution in [-0.2, 0) is 38.1 Å².